The minimum atomic E-state index is -0.234. The number of amides is 1. The van der Waals surface area contributed by atoms with Crippen LogP contribution in [0.2, 0.25) is 0 Å². The van der Waals surface area contributed by atoms with Crippen LogP contribution >= 0.6 is 11.3 Å². The number of nitrogens with zero attached hydrogens (tertiary/aromatic N) is 2. The summed E-state index contributed by atoms with van der Waals surface area (Å²) < 4.78 is 0.899. The Balaban J connectivity index is 1.88. The summed E-state index contributed by atoms with van der Waals surface area (Å²) >= 11 is 1.51. The van der Waals surface area contributed by atoms with E-state index >= 15 is 0 Å². The summed E-state index contributed by atoms with van der Waals surface area (Å²) in [7, 11) is 0. The summed E-state index contributed by atoms with van der Waals surface area (Å²) in [6.45, 7) is 5.74. The number of benzene rings is 1. The van der Waals surface area contributed by atoms with Crippen molar-refractivity contribution in [3.63, 3.8) is 0 Å². The molecule has 0 bridgehead atoms. The zero-order valence-corrected chi connectivity index (χ0v) is 15.0. The molecule has 2 aromatic rings. The molecule has 24 heavy (non-hydrogen) atoms. The number of anilines is 2. The lowest BCUT2D eigenvalue weighted by Gasteiger charge is -2.18. The Kier molecular flexibility index (Phi) is 5.14. The Morgan fingerprint density at radius 3 is 2.67 bits per heavy atom. The van der Waals surface area contributed by atoms with Gasteiger partial charge in [0, 0.05) is 29.4 Å². The molecule has 6 heteroatoms. The van der Waals surface area contributed by atoms with Gasteiger partial charge in [0.25, 0.3) is 5.56 Å². The van der Waals surface area contributed by atoms with Crippen LogP contribution in [0, 0.1) is 5.92 Å². The fourth-order valence-electron chi connectivity index (χ4n) is 3.19. The minimum Gasteiger partial charge on any atom is -0.349 e. The summed E-state index contributed by atoms with van der Waals surface area (Å²) in [4.78, 5) is 30.9. The third-order valence-electron chi connectivity index (χ3n) is 4.64. The molecule has 1 aromatic heterocycles. The smallest absolute Gasteiger partial charge is 0.281 e. The van der Waals surface area contributed by atoms with Crippen LogP contribution in [0.4, 0.5) is 10.8 Å². The van der Waals surface area contributed by atoms with Gasteiger partial charge in [-0.15, -0.1) is 0 Å². The van der Waals surface area contributed by atoms with Gasteiger partial charge in [0.15, 0.2) is 5.13 Å². The molecule has 0 unspecified atom stereocenters. The van der Waals surface area contributed by atoms with Crippen molar-refractivity contribution in [3.05, 3.63) is 28.6 Å². The zero-order valence-electron chi connectivity index (χ0n) is 14.2. The first kappa shape index (κ1) is 16.9. The lowest BCUT2D eigenvalue weighted by Crippen LogP contribution is -2.24. The second-order valence-corrected chi connectivity index (χ2v) is 7.16. The average Bonchev–Trinajstić information content (AvgIpc) is 3.11. The van der Waals surface area contributed by atoms with E-state index in [1.165, 1.54) is 11.3 Å². The van der Waals surface area contributed by atoms with E-state index in [-0.39, 0.29) is 17.4 Å². The number of hydrogen-bond acceptors (Lipinski definition) is 5. The van der Waals surface area contributed by atoms with Crippen molar-refractivity contribution >= 4 is 38.1 Å². The number of hydrogen-bond donors (Lipinski definition) is 1. The van der Waals surface area contributed by atoms with Crippen LogP contribution < -0.4 is 15.8 Å². The van der Waals surface area contributed by atoms with Crippen LogP contribution in [0.5, 0.6) is 0 Å². The summed E-state index contributed by atoms with van der Waals surface area (Å²) in [5.41, 5.74) is 0.448. The predicted octanol–water partition coefficient (Wildman–Crippen LogP) is 3.63. The lowest BCUT2D eigenvalue weighted by molar-refractivity contribution is -0.119. The SMILES string of the molecule is CCN(CC)c1nc(=O)c2cc(NC(=O)C3CCCC3)ccc2s1. The van der Waals surface area contributed by atoms with Crippen LogP contribution in [0.3, 0.4) is 0 Å². The third kappa shape index (κ3) is 3.43. The van der Waals surface area contributed by atoms with Crippen LogP contribution in [-0.4, -0.2) is 24.0 Å². The van der Waals surface area contributed by atoms with Crippen molar-refractivity contribution < 1.29 is 4.79 Å². The van der Waals surface area contributed by atoms with Crippen LogP contribution in [0.15, 0.2) is 23.0 Å². The summed E-state index contributed by atoms with van der Waals surface area (Å²) in [6.07, 6.45) is 4.17. The highest BCUT2D eigenvalue weighted by atomic mass is 32.1. The van der Waals surface area contributed by atoms with E-state index in [0.29, 0.717) is 11.1 Å². The van der Waals surface area contributed by atoms with Crippen molar-refractivity contribution in [2.75, 3.05) is 23.3 Å². The zero-order chi connectivity index (χ0) is 17.1. The van der Waals surface area contributed by atoms with Gasteiger partial charge in [-0.05, 0) is 44.9 Å². The predicted molar refractivity (Wildman–Crippen MR) is 100 cm³/mol. The van der Waals surface area contributed by atoms with Crippen molar-refractivity contribution in [3.8, 4) is 0 Å². The van der Waals surface area contributed by atoms with E-state index in [4.69, 9.17) is 0 Å². The average molecular weight is 345 g/mol. The highest BCUT2D eigenvalue weighted by Crippen LogP contribution is 2.28. The fourth-order valence-corrected chi connectivity index (χ4v) is 4.30. The molecule has 3 rings (SSSR count). The van der Waals surface area contributed by atoms with Crippen LogP contribution in [0.25, 0.3) is 10.1 Å². The highest BCUT2D eigenvalue weighted by molar-refractivity contribution is 7.21. The van der Waals surface area contributed by atoms with Gasteiger partial charge in [-0.2, -0.15) is 4.98 Å². The molecule has 0 atom stereocenters. The molecule has 5 nitrogen and oxygen atoms in total. The Hall–Kier alpha value is -1.95. The molecule has 1 aromatic carbocycles. The Bertz CT molecular complexity index is 792. The maximum absolute atomic E-state index is 12.4. The molecule has 128 valence electrons. The van der Waals surface area contributed by atoms with E-state index < -0.39 is 0 Å². The number of carbonyl (C=O) groups excluding carboxylic acids is 1. The monoisotopic (exact) mass is 345 g/mol. The second-order valence-electron chi connectivity index (χ2n) is 6.16. The summed E-state index contributed by atoms with van der Waals surface area (Å²) in [5, 5.41) is 4.27. The van der Waals surface area contributed by atoms with Crippen molar-refractivity contribution in [2.24, 2.45) is 5.92 Å². The summed E-state index contributed by atoms with van der Waals surface area (Å²) in [5.74, 6) is 0.175. The first-order valence-electron chi connectivity index (χ1n) is 8.63. The van der Waals surface area contributed by atoms with Crippen LogP contribution in [-0.2, 0) is 4.79 Å². The van der Waals surface area contributed by atoms with Crippen molar-refractivity contribution in [1.29, 1.82) is 0 Å². The molecule has 0 radical (unpaired) electrons. The molecule has 1 amide bonds. The molecule has 1 aliphatic rings. The van der Waals surface area contributed by atoms with E-state index in [9.17, 15) is 9.59 Å². The van der Waals surface area contributed by atoms with Gasteiger partial charge in [-0.25, -0.2) is 0 Å². The highest BCUT2D eigenvalue weighted by Gasteiger charge is 2.22. The molecule has 0 spiro atoms. The topological polar surface area (TPSA) is 62.3 Å². The minimum absolute atomic E-state index is 0.0655. The van der Waals surface area contributed by atoms with E-state index in [2.05, 4.69) is 15.2 Å². The molecule has 0 aliphatic heterocycles. The molecule has 1 fully saturated rings. The Morgan fingerprint density at radius 2 is 2.00 bits per heavy atom. The normalized spacial score (nSPS) is 14.9. The van der Waals surface area contributed by atoms with Gasteiger partial charge in [0.1, 0.15) is 0 Å². The lowest BCUT2D eigenvalue weighted by atomic mass is 10.1. The molecule has 1 heterocycles. The number of fused-ring (bicyclic) bond motifs is 1. The third-order valence-corrected chi connectivity index (χ3v) is 5.74. The van der Waals surface area contributed by atoms with Gasteiger partial charge >= 0.3 is 0 Å². The fraction of sp³-hybridized carbons (Fsp3) is 0.500. The quantitative estimate of drug-likeness (QED) is 0.899. The van der Waals surface area contributed by atoms with Gasteiger partial charge in [0.05, 0.1) is 5.39 Å². The maximum Gasteiger partial charge on any atom is 0.281 e. The molecule has 1 aliphatic carbocycles. The Morgan fingerprint density at radius 1 is 1.29 bits per heavy atom. The summed E-state index contributed by atoms with van der Waals surface area (Å²) in [6, 6.07) is 5.53. The van der Waals surface area contributed by atoms with Gasteiger partial charge < -0.3 is 10.2 Å². The van der Waals surface area contributed by atoms with Crippen molar-refractivity contribution in [1.82, 2.24) is 4.98 Å². The van der Waals surface area contributed by atoms with E-state index in [1.54, 1.807) is 6.07 Å². The largest absolute Gasteiger partial charge is 0.349 e. The molecular weight excluding hydrogens is 322 g/mol. The molecular formula is C18H23N3O2S. The van der Waals surface area contributed by atoms with E-state index in [0.717, 1.165) is 48.6 Å². The molecule has 1 N–H and O–H groups in total. The molecule has 1 saturated carbocycles. The van der Waals surface area contributed by atoms with Gasteiger partial charge in [0.2, 0.25) is 5.91 Å². The maximum atomic E-state index is 12.4. The Labute approximate surface area is 145 Å². The van der Waals surface area contributed by atoms with Crippen molar-refractivity contribution in [2.45, 2.75) is 39.5 Å². The molecule has 0 saturated heterocycles. The standard InChI is InChI=1S/C18H23N3O2S/c1-3-21(4-2)18-20-17(23)14-11-13(9-10-15(14)24-18)19-16(22)12-7-5-6-8-12/h9-12H,3-8H2,1-2H3,(H,19,22). The number of aromatic nitrogens is 1. The first-order chi connectivity index (χ1) is 11.6. The van der Waals surface area contributed by atoms with E-state index in [1.807, 2.05) is 26.0 Å². The van der Waals surface area contributed by atoms with Crippen LogP contribution in [0.1, 0.15) is 39.5 Å². The van der Waals surface area contributed by atoms with Gasteiger partial charge in [-0.1, -0.05) is 24.2 Å². The second kappa shape index (κ2) is 7.30. The van der Waals surface area contributed by atoms with Gasteiger partial charge in [-0.3, -0.25) is 9.59 Å². The number of nitrogens with one attached hydrogen (secondary N) is 1. The first-order valence-corrected chi connectivity index (χ1v) is 9.44. The number of carbonyl (C=O) groups is 1. The number of rotatable bonds is 5.